The molecular weight excluding hydrogens is 394 g/mol. The molecule has 0 aliphatic carbocycles. The van der Waals surface area contributed by atoms with Crippen LogP contribution < -0.4 is 16.4 Å². The van der Waals surface area contributed by atoms with E-state index in [1.54, 1.807) is 11.8 Å². The number of hydrogen-bond acceptors (Lipinski definition) is 4. The van der Waals surface area contributed by atoms with Gasteiger partial charge < -0.3 is 26.3 Å². The maximum Gasteiger partial charge on any atom is 0.319 e. The first-order valence-electron chi connectivity index (χ1n) is 9.89. The highest BCUT2D eigenvalue weighted by molar-refractivity contribution is 5.86. The van der Waals surface area contributed by atoms with Crippen LogP contribution in [0.5, 0.6) is 0 Å². The number of H-pyrrole nitrogens is 1. The number of nitrogens with two attached hydrogens (primary N) is 1. The number of nitrogens with zero attached hydrogens (tertiary/aromatic N) is 2. The van der Waals surface area contributed by atoms with E-state index in [-0.39, 0.29) is 17.6 Å². The summed E-state index contributed by atoms with van der Waals surface area (Å²) >= 11 is 0. The van der Waals surface area contributed by atoms with E-state index in [1.807, 2.05) is 6.92 Å². The lowest BCUT2D eigenvalue weighted by atomic mass is 10.0. The van der Waals surface area contributed by atoms with Gasteiger partial charge in [-0.3, -0.25) is 4.79 Å². The molecule has 1 aliphatic heterocycles. The highest BCUT2D eigenvalue weighted by atomic mass is 19.1. The van der Waals surface area contributed by atoms with Crippen molar-refractivity contribution in [2.45, 2.75) is 51.4 Å². The highest BCUT2D eigenvalue weighted by Crippen LogP contribution is 2.23. The Morgan fingerprint density at radius 1 is 1.30 bits per heavy atom. The number of likely N-dealkylation sites (tertiary alicyclic amines) is 1. The van der Waals surface area contributed by atoms with Crippen molar-refractivity contribution in [3.8, 4) is 11.3 Å². The third kappa shape index (κ3) is 4.93. The van der Waals surface area contributed by atoms with Crippen molar-refractivity contribution >= 4 is 11.9 Å². The molecule has 1 aromatic heterocycles. The molecule has 10 heteroatoms. The molecule has 0 spiro atoms. The van der Waals surface area contributed by atoms with E-state index in [9.17, 15) is 18.4 Å². The molecule has 3 rings (SSSR count). The van der Waals surface area contributed by atoms with Gasteiger partial charge in [0.15, 0.2) is 6.17 Å². The molecule has 1 aliphatic rings. The molecule has 0 unspecified atom stereocenters. The van der Waals surface area contributed by atoms with Crippen LogP contribution in [0, 0.1) is 11.6 Å². The molecule has 0 saturated carbocycles. The fourth-order valence-electron chi connectivity index (χ4n) is 3.45. The molecule has 1 saturated heterocycles. The number of piperidine rings is 1. The number of halogens is 2. The average molecular weight is 420 g/mol. The SMILES string of the molecule is C[C@H](NC(=O)[C@@H](N)NC(=O)N1CCCC[C@@H]1C)c1ncc(-c2ccc(F)cc2F)[nH]1. The van der Waals surface area contributed by atoms with Crippen LogP contribution in [0.4, 0.5) is 13.6 Å². The summed E-state index contributed by atoms with van der Waals surface area (Å²) in [6.45, 7) is 4.26. The number of amides is 3. The minimum Gasteiger partial charge on any atom is -0.343 e. The Morgan fingerprint density at radius 3 is 2.77 bits per heavy atom. The van der Waals surface area contributed by atoms with Gasteiger partial charge in [-0.2, -0.15) is 0 Å². The lowest BCUT2D eigenvalue weighted by Crippen LogP contribution is -2.57. The third-order valence-corrected chi connectivity index (χ3v) is 5.21. The van der Waals surface area contributed by atoms with E-state index in [1.165, 1.54) is 12.3 Å². The largest absolute Gasteiger partial charge is 0.343 e. The lowest BCUT2D eigenvalue weighted by molar-refractivity contribution is -0.123. The molecule has 2 aromatic rings. The van der Waals surface area contributed by atoms with Gasteiger partial charge >= 0.3 is 6.03 Å². The summed E-state index contributed by atoms with van der Waals surface area (Å²) < 4.78 is 27.0. The summed E-state index contributed by atoms with van der Waals surface area (Å²) in [6.07, 6.45) is 3.08. The van der Waals surface area contributed by atoms with E-state index >= 15 is 0 Å². The van der Waals surface area contributed by atoms with Crippen LogP contribution in [0.1, 0.15) is 45.0 Å². The van der Waals surface area contributed by atoms with E-state index in [0.29, 0.717) is 18.1 Å². The van der Waals surface area contributed by atoms with Crippen molar-refractivity contribution in [1.82, 2.24) is 25.5 Å². The molecule has 5 N–H and O–H groups in total. The van der Waals surface area contributed by atoms with Crippen molar-refractivity contribution in [3.05, 3.63) is 41.9 Å². The fraction of sp³-hybridized carbons (Fsp3) is 0.450. The molecule has 8 nitrogen and oxygen atoms in total. The maximum absolute atomic E-state index is 13.9. The lowest BCUT2D eigenvalue weighted by Gasteiger charge is -2.34. The van der Waals surface area contributed by atoms with Crippen molar-refractivity contribution in [1.29, 1.82) is 0 Å². The van der Waals surface area contributed by atoms with E-state index in [4.69, 9.17) is 5.73 Å². The average Bonchev–Trinajstić information content (AvgIpc) is 3.18. The van der Waals surface area contributed by atoms with Crippen LogP contribution in [0.15, 0.2) is 24.4 Å². The number of aromatic nitrogens is 2. The number of aromatic amines is 1. The maximum atomic E-state index is 13.9. The highest BCUT2D eigenvalue weighted by Gasteiger charge is 2.27. The second kappa shape index (κ2) is 9.21. The predicted octanol–water partition coefficient (Wildman–Crippen LogP) is 2.40. The van der Waals surface area contributed by atoms with Gasteiger partial charge in [0.05, 0.1) is 17.9 Å². The molecule has 1 aromatic carbocycles. The second-order valence-corrected chi connectivity index (χ2v) is 7.50. The Balaban J connectivity index is 1.58. The van der Waals surface area contributed by atoms with Gasteiger partial charge in [-0.05, 0) is 45.2 Å². The first kappa shape index (κ1) is 21.7. The topological polar surface area (TPSA) is 116 Å². The summed E-state index contributed by atoms with van der Waals surface area (Å²) in [4.78, 5) is 33.5. The number of benzene rings is 1. The van der Waals surface area contributed by atoms with Crippen molar-refractivity contribution in [3.63, 3.8) is 0 Å². The zero-order chi connectivity index (χ0) is 21.8. The first-order chi connectivity index (χ1) is 14.3. The monoisotopic (exact) mass is 420 g/mol. The Kier molecular flexibility index (Phi) is 6.66. The molecule has 30 heavy (non-hydrogen) atoms. The Hall–Kier alpha value is -3.01. The smallest absolute Gasteiger partial charge is 0.319 e. The molecule has 1 fully saturated rings. The molecule has 2 heterocycles. The zero-order valence-electron chi connectivity index (χ0n) is 16.9. The van der Waals surface area contributed by atoms with Crippen LogP contribution in [-0.4, -0.2) is 45.6 Å². The number of nitrogens with one attached hydrogen (secondary N) is 3. The van der Waals surface area contributed by atoms with Crippen LogP contribution in [0.2, 0.25) is 0 Å². The van der Waals surface area contributed by atoms with Crippen LogP contribution in [-0.2, 0) is 4.79 Å². The summed E-state index contributed by atoms with van der Waals surface area (Å²) in [6, 6.07) is 2.39. The van der Waals surface area contributed by atoms with E-state index < -0.39 is 29.7 Å². The zero-order valence-corrected chi connectivity index (χ0v) is 16.9. The first-order valence-corrected chi connectivity index (χ1v) is 9.89. The minimum absolute atomic E-state index is 0.0985. The molecule has 3 atom stereocenters. The quantitative estimate of drug-likeness (QED) is 0.556. The number of hydrogen-bond donors (Lipinski definition) is 4. The van der Waals surface area contributed by atoms with Crippen molar-refractivity contribution in [2.24, 2.45) is 5.73 Å². The third-order valence-electron chi connectivity index (χ3n) is 5.21. The predicted molar refractivity (Wildman–Crippen MR) is 107 cm³/mol. The molecule has 162 valence electrons. The standard InChI is InChI=1S/C20H26F2N6O2/c1-11-5-3-4-8-28(11)20(30)27-17(23)19(29)25-12(2)18-24-10-16(26-18)14-7-6-13(21)9-15(14)22/h6-7,9-12,17H,3-5,8,23H2,1-2H3,(H,24,26)(H,25,29)(H,27,30)/t11-,12-,17-/m0/s1. The van der Waals surface area contributed by atoms with Gasteiger partial charge in [-0.1, -0.05) is 0 Å². The fourth-order valence-corrected chi connectivity index (χ4v) is 3.45. The van der Waals surface area contributed by atoms with Gasteiger partial charge in [-0.25, -0.2) is 18.6 Å². The van der Waals surface area contributed by atoms with Gasteiger partial charge in [0.25, 0.3) is 5.91 Å². The summed E-state index contributed by atoms with van der Waals surface area (Å²) in [5, 5.41) is 5.18. The van der Waals surface area contributed by atoms with Crippen molar-refractivity contribution in [2.75, 3.05) is 6.54 Å². The van der Waals surface area contributed by atoms with Gasteiger partial charge in [0.1, 0.15) is 17.5 Å². The van der Waals surface area contributed by atoms with Crippen LogP contribution in [0.3, 0.4) is 0 Å². The summed E-state index contributed by atoms with van der Waals surface area (Å²) in [5.41, 5.74) is 6.35. The van der Waals surface area contributed by atoms with Crippen LogP contribution >= 0.6 is 0 Å². The van der Waals surface area contributed by atoms with Gasteiger partial charge in [0, 0.05) is 24.2 Å². The number of carbonyl (C=O) groups excluding carboxylic acids is 2. The number of urea groups is 1. The minimum atomic E-state index is -1.22. The van der Waals surface area contributed by atoms with E-state index in [0.717, 1.165) is 31.4 Å². The Morgan fingerprint density at radius 2 is 2.07 bits per heavy atom. The molecular formula is C20H26F2N6O2. The Labute approximate surface area is 173 Å². The Bertz CT molecular complexity index is 918. The van der Waals surface area contributed by atoms with Gasteiger partial charge in [0.2, 0.25) is 0 Å². The molecule has 3 amide bonds. The number of carbonyl (C=O) groups is 2. The normalized spacial score (nSPS) is 18.6. The number of imidazole rings is 1. The molecule has 0 radical (unpaired) electrons. The van der Waals surface area contributed by atoms with E-state index in [2.05, 4.69) is 20.6 Å². The van der Waals surface area contributed by atoms with Crippen molar-refractivity contribution < 1.29 is 18.4 Å². The number of rotatable bonds is 5. The molecule has 0 bridgehead atoms. The summed E-state index contributed by atoms with van der Waals surface area (Å²) in [5.74, 6) is -1.61. The second-order valence-electron chi connectivity index (χ2n) is 7.50. The van der Waals surface area contributed by atoms with Crippen LogP contribution in [0.25, 0.3) is 11.3 Å². The van der Waals surface area contributed by atoms with Gasteiger partial charge in [-0.15, -0.1) is 0 Å². The summed E-state index contributed by atoms with van der Waals surface area (Å²) in [7, 11) is 0.